The van der Waals surface area contributed by atoms with Crippen molar-refractivity contribution >= 4 is 17.4 Å². The highest BCUT2D eigenvalue weighted by Gasteiger charge is 2.11. The normalized spacial score (nSPS) is 10.6. The topological polar surface area (TPSA) is 65.4 Å². The summed E-state index contributed by atoms with van der Waals surface area (Å²) in [5, 5.41) is 22.9. The van der Waals surface area contributed by atoms with Gasteiger partial charge in [-0.3, -0.25) is 4.98 Å². The number of para-hydroxylation sites is 1. The van der Waals surface area contributed by atoms with Crippen molar-refractivity contribution in [1.82, 2.24) is 4.98 Å². The maximum Gasteiger partial charge on any atom is 0.142 e. The average molecular weight is 304 g/mol. The van der Waals surface area contributed by atoms with Gasteiger partial charge < -0.3 is 15.5 Å². The van der Waals surface area contributed by atoms with Crippen LogP contribution in [0.2, 0.25) is 0 Å². The molecule has 1 aromatic heterocycles. The zero-order chi connectivity index (χ0) is 15.2. The number of nitrogens with one attached hydrogen (secondary N) is 1. The minimum Gasteiger partial charge on any atom is -0.506 e. The summed E-state index contributed by atoms with van der Waals surface area (Å²) in [6.07, 6.45) is 1.61. The van der Waals surface area contributed by atoms with E-state index in [4.69, 9.17) is 0 Å². The van der Waals surface area contributed by atoms with Crippen molar-refractivity contribution in [3.63, 3.8) is 0 Å². The fourth-order valence-corrected chi connectivity index (χ4v) is 2.88. The number of pyridine rings is 1. The number of hydrogen-bond acceptors (Lipinski definition) is 5. The van der Waals surface area contributed by atoms with Gasteiger partial charge >= 0.3 is 0 Å². The maximum absolute atomic E-state index is 10.1. The SMILES string of the molecule is CCSc1ccccc1NCc1c(CO)cnc(C)c1O. The molecule has 0 aliphatic heterocycles. The molecule has 0 saturated carbocycles. The first-order valence-corrected chi connectivity index (χ1v) is 7.88. The standard InChI is InChI=1S/C16H20N2O2S/c1-3-21-15-7-5-4-6-14(15)18-9-13-12(10-19)8-17-11(2)16(13)20/h4-8,18-20H,3,9-10H2,1-2H3. The molecule has 0 spiro atoms. The molecule has 2 aromatic rings. The molecule has 5 heteroatoms. The van der Waals surface area contributed by atoms with Crippen molar-refractivity contribution in [2.24, 2.45) is 0 Å². The Morgan fingerprint density at radius 3 is 2.76 bits per heavy atom. The van der Waals surface area contributed by atoms with Gasteiger partial charge in [-0.2, -0.15) is 0 Å². The molecule has 0 atom stereocenters. The van der Waals surface area contributed by atoms with Crippen LogP contribution in [0.1, 0.15) is 23.7 Å². The van der Waals surface area contributed by atoms with Crippen LogP contribution >= 0.6 is 11.8 Å². The van der Waals surface area contributed by atoms with Crippen molar-refractivity contribution in [2.45, 2.75) is 31.9 Å². The highest BCUT2D eigenvalue weighted by atomic mass is 32.2. The number of aromatic hydroxyl groups is 1. The predicted molar refractivity (Wildman–Crippen MR) is 86.7 cm³/mol. The fraction of sp³-hybridized carbons (Fsp3) is 0.312. The number of aliphatic hydroxyl groups excluding tert-OH is 1. The summed E-state index contributed by atoms with van der Waals surface area (Å²) in [6, 6.07) is 8.08. The molecule has 112 valence electrons. The van der Waals surface area contributed by atoms with E-state index in [9.17, 15) is 10.2 Å². The minimum atomic E-state index is -0.136. The molecule has 0 amide bonds. The van der Waals surface area contributed by atoms with E-state index in [0.717, 1.165) is 11.4 Å². The largest absolute Gasteiger partial charge is 0.506 e. The Morgan fingerprint density at radius 2 is 2.05 bits per heavy atom. The fourth-order valence-electron chi connectivity index (χ4n) is 2.10. The van der Waals surface area contributed by atoms with E-state index < -0.39 is 0 Å². The van der Waals surface area contributed by atoms with Crippen LogP contribution in [0.4, 0.5) is 5.69 Å². The van der Waals surface area contributed by atoms with Crippen molar-refractivity contribution in [1.29, 1.82) is 0 Å². The molecule has 0 unspecified atom stereocenters. The number of rotatable bonds is 6. The van der Waals surface area contributed by atoms with Gasteiger partial charge in [0.25, 0.3) is 0 Å². The lowest BCUT2D eigenvalue weighted by Gasteiger charge is -2.15. The molecule has 0 saturated heterocycles. The number of aromatic nitrogens is 1. The van der Waals surface area contributed by atoms with Gasteiger partial charge in [0.2, 0.25) is 0 Å². The van der Waals surface area contributed by atoms with Crippen LogP contribution in [0, 0.1) is 6.92 Å². The smallest absolute Gasteiger partial charge is 0.142 e. The maximum atomic E-state index is 10.1. The quantitative estimate of drug-likeness (QED) is 0.715. The Balaban J connectivity index is 2.22. The molecule has 0 radical (unpaired) electrons. The van der Waals surface area contributed by atoms with E-state index in [1.165, 1.54) is 4.90 Å². The van der Waals surface area contributed by atoms with Crippen molar-refractivity contribution < 1.29 is 10.2 Å². The van der Waals surface area contributed by atoms with Crippen LogP contribution in [-0.2, 0) is 13.2 Å². The lowest BCUT2D eigenvalue weighted by molar-refractivity contribution is 0.279. The van der Waals surface area contributed by atoms with Gasteiger partial charge in [-0.1, -0.05) is 19.1 Å². The molecule has 1 aromatic carbocycles. The van der Waals surface area contributed by atoms with Crippen LogP contribution in [0.15, 0.2) is 35.4 Å². The Kier molecular flexibility index (Phi) is 5.47. The van der Waals surface area contributed by atoms with E-state index in [1.54, 1.807) is 24.9 Å². The Morgan fingerprint density at radius 1 is 1.29 bits per heavy atom. The second kappa shape index (κ2) is 7.33. The highest BCUT2D eigenvalue weighted by Crippen LogP contribution is 2.29. The Labute approximate surface area is 129 Å². The van der Waals surface area contributed by atoms with Crippen LogP contribution in [0.25, 0.3) is 0 Å². The average Bonchev–Trinajstić information content (AvgIpc) is 2.50. The van der Waals surface area contributed by atoms with Crippen molar-refractivity contribution in [3.8, 4) is 5.75 Å². The van der Waals surface area contributed by atoms with Gasteiger partial charge in [-0.25, -0.2) is 0 Å². The molecular formula is C16H20N2O2S. The summed E-state index contributed by atoms with van der Waals surface area (Å²) in [5.41, 5.74) is 2.94. The molecule has 0 bridgehead atoms. The summed E-state index contributed by atoms with van der Waals surface area (Å²) in [4.78, 5) is 5.25. The summed E-state index contributed by atoms with van der Waals surface area (Å²) in [5.74, 6) is 1.15. The van der Waals surface area contributed by atoms with Crippen molar-refractivity contribution in [3.05, 3.63) is 47.3 Å². The number of aryl methyl sites for hydroxylation is 1. The molecule has 4 nitrogen and oxygen atoms in total. The monoisotopic (exact) mass is 304 g/mol. The van der Waals surface area contributed by atoms with Gasteiger partial charge in [0, 0.05) is 34.5 Å². The van der Waals surface area contributed by atoms with Crippen LogP contribution in [-0.4, -0.2) is 20.9 Å². The van der Waals surface area contributed by atoms with Crippen LogP contribution < -0.4 is 5.32 Å². The van der Waals surface area contributed by atoms with Gasteiger partial charge in [0.05, 0.1) is 12.3 Å². The first kappa shape index (κ1) is 15.7. The second-order valence-corrected chi connectivity index (χ2v) is 5.94. The lowest BCUT2D eigenvalue weighted by atomic mass is 10.1. The zero-order valence-corrected chi connectivity index (χ0v) is 13.1. The first-order chi connectivity index (χ1) is 10.2. The molecule has 1 heterocycles. The molecule has 3 N–H and O–H groups in total. The van der Waals surface area contributed by atoms with Gasteiger partial charge in [0.1, 0.15) is 5.75 Å². The minimum absolute atomic E-state index is 0.136. The van der Waals surface area contributed by atoms with E-state index in [2.05, 4.69) is 23.3 Å². The number of hydrogen-bond donors (Lipinski definition) is 3. The lowest BCUT2D eigenvalue weighted by Crippen LogP contribution is -2.06. The van der Waals surface area contributed by atoms with Gasteiger partial charge in [0.15, 0.2) is 0 Å². The Bertz CT molecular complexity index is 617. The summed E-state index contributed by atoms with van der Waals surface area (Å²) < 4.78 is 0. The first-order valence-electron chi connectivity index (χ1n) is 6.90. The molecule has 0 aliphatic rings. The Hall–Kier alpha value is -1.72. The molecule has 0 aliphatic carbocycles. The number of thioether (sulfide) groups is 1. The van der Waals surface area contributed by atoms with E-state index in [-0.39, 0.29) is 12.4 Å². The highest BCUT2D eigenvalue weighted by molar-refractivity contribution is 7.99. The number of nitrogens with zero attached hydrogens (tertiary/aromatic N) is 1. The van der Waals surface area contributed by atoms with Gasteiger partial charge in [-0.05, 0) is 24.8 Å². The van der Waals surface area contributed by atoms with Crippen molar-refractivity contribution in [2.75, 3.05) is 11.1 Å². The van der Waals surface area contributed by atoms with E-state index >= 15 is 0 Å². The predicted octanol–water partition coefficient (Wildman–Crippen LogP) is 3.31. The summed E-state index contributed by atoms with van der Waals surface area (Å²) in [6.45, 7) is 4.18. The number of anilines is 1. The second-order valence-electron chi connectivity index (χ2n) is 4.64. The zero-order valence-electron chi connectivity index (χ0n) is 12.3. The number of aliphatic hydroxyl groups is 1. The van der Waals surface area contributed by atoms with Crippen LogP contribution in [0.5, 0.6) is 5.75 Å². The van der Waals surface area contributed by atoms with Gasteiger partial charge in [-0.15, -0.1) is 11.8 Å². The molecular weight excluding hydrogens is 284 g/mol. The molecule has 21 heavy (non-hydrogen) atoms. The van der Waals surface area contributed by atoms with Crippen LogP contribution in [0.3, 0.4) is 0 Å². The molecule has 0 fully saturated rings. The van der Waals surface area contributed by atoms with E-state index in [1.807, 2.05) is 18.2 Å². The third-order valence-electron chi connectivity index (χ3n) is 3.24. The molecule has 2 rings (SSSR count). The summed E-state index contributed by atoms with van der Waals surface area (Å²) in [7, 11) is 0. The third kappa shape index (κ3) is 3.68. The van der Waals surface area contributed by atoms with E-state index in [0.29, 0.717) is 23.4 Å². The third-order valence-corrected chi connectivity index (χ3v) is 4.20. The summed E-state index contributed by atoms with van der Waals surface area (Å²) >= 11 is 1.77. The number of benzene rings is 1.